The largest absolute Gasteiger partial charge is 0.454 e. The number of esters is 1. The summed E-state index contributed by atoms with van der Waals surface area (Å²) in [6.45, 7) is 12.5. The average Bonchev–Trinajstić information content (AvgIpc) is 3.22. The van der Waals surface area contributed by atoms with Gasteiger partial charge in [-0.05, 0) is 58.6 Å². The van der Waals surface area contributed by atoms with Crippen LogP contribution in [-0.2, 0) is 19.1 Å². The van der Waals surface area contributed by atoms with Crippen LogP contribution in [0.15, 0.2) is 11.0 Å². The van der Waals surface area contributed by atoms with Crippen molar-refractivity contribution in [1.82, 2.24) is 4.98 Å². The summed E-state index contributed by atoms with van der Waals surface area (Å²) in [6, 6.07) is 0. The molecule has 6 heteroatoms. The van der Waals surface area contributed by atoms with E-state index in [1.54, 1.807) is 11.3 Å². The van der Waals surface area contributed by atoms with E-state index in [0.717, 1.165) is 48.4 Å². The van der Waals surface area contributed by atoms with Crippen LogP contribution in [-0.4, -0.2) is 34.0 Å². The lowest BCUT2D eigenvalue weighted by Crippen LogP contribution is -2.54. The number of carbonyl (C=O) groups is 2. The summed E-state index contributed by atoms with van der Waals surface area (Å²) in [5.41, 5.74) is 0.135. The minimum Gasteiger partial charge on any atom is -0.454 e. The summed E-state index contributed by atoms with van der Waals surface area (Å²) in [4.78, 5) is 29.7. The van der Waals surface area contributed by atoms with E-state index in [4.69, 9.17) is 9.47 Å². The molecule has 3 rings (SSSR count). The molecule has 2 aliphatic heterocycles. The van der Waals surface area contributed by atoms with E-state index in [9.17, 15) is 9.59 Å². The van der Waals surface area contributed by atoms with Gasteiger partial charge in [-0.15, -0.1) is 11.3 Å². The number of aryl methyl sites for hydroxylation is 1. The minimum atomic E-state index is -0.869. The third-order valence-electron chi connectivity index (χ3n) is 7.96. The van der Waals surface area contributed by atoms with E-state index in [-0.39, 0.29) is 29.9 Å². The summed E-state index contributed by atoms with van der Waals surface area (Å²) < 4.78 is 12.6. The Labute approximate surface area is 197 Å². The smallest absolute Gasteiger partial charge is 0.306 e. The molecular formula is C26H39NO4S. The van der Waals surface area contributed by atoms with Gasteiger partial charge in [0.15, 0.2) is 0 Å². The predicted molar refractivity (Wildman–Crippen MR) is 129 cm³/mol. The molecule has 2 fully saturated rings. The summed E-state index contributed by atoms with van der Waals surface area (Å²) in [5, 5.41) is 3.03. The molecule has 0 spiro atoms. The van der Waals surface area contributed by atoms with Crippen LogP contribution in [0.4, 0.5) is 0 Å². The number of hydrogen-bond acceptors (Lipinski definition) is 6. The number of carbonyl (C=O) groups excluding carboxylic acids is 2. The molecule has 0 aliphatic carbocycles. The van der Waals surface area contributed by atoms with Crippen LogP contribution in [0.3, 0.4) is 0 Å². The third-order valence-corrected chi connectivity index (χ3v) is 8.75. The van der Waals surface area contributed by atoms with Crippen LogP contribution in [0.2, 0.25) is 0 Å². The van der Waals surface area contributed by atoms with Crippen molar-refractivity contribution in [2.45, 2.75) is 117 Å². The quantitative estimate of drug-likeness (QED) is 0.375. The number of hydrogen-bond donors (Lipinski definition) is 0. The van der Waals surface area contributed by atoms with Crippen molar-refractivity contribution in [2.24, 2.45) is 5.41 Å². The maximum atomic E-state index is 13.0. The number of ether oxygens (including phenoxy) is 2. The van der Waals surface area contributed by atoms with Crippen LogP contribution in [0.1, 0.15) is 103 Å². The zero-order valence-electron chi connectivity index (χ0n) is 20.6. The second kappa shape index (κ2) is 9.76. The van der Waals surface area contributed by atoms with Crippen molar-refractivity contribution in [1.29, 1.82) is 0 Å². The third kappa shape index (κ3) is 5.17. The van der Waals surface area contributed by atoms with Gasteiger partial charge in [0.25, 0.3) is 0 Å². The van der Waals surface area contributed by atoms with Crippen molar-refractivity contribution in [3.8, 4) is 0 Å². The molecule has 1 aromatic rings. The number of cyclic esters (lactones) is 1. The lowest BCUT2D eigenvalue weighted by atomic mass is 9.63. The number of aromatic nitrogens is 1. The predicted octanol–water partition coefficient (Wildman–Crippen LogP) is 6.43. The van der Waals surface area contributed by atoms with Crippen molar-refractivity contribution in [3.05, 3.63) is 21.7 Å². The van der Waals surface area contributed by atoms with Crippen molar-refractivity contribution >= 4 is 29.2 Å². The molecule has 3 unspecified atom stereocenters. The standard InChI is InChI=1S/C26H39NO4S/c1-18(16-20-17-32-19(2)27-20)25(5)24(3,4)26(6)22(30-26)14-10-8-7-9-12-21(28)13-11-15-23(29)31-25/h16-17,22H,7-15H2,1-6H3. The molecule has 3 heterocycles. The van der Waals surface area contributed by atoms with Gasteiger partial charge >= 0.3 is 5.97 Å². The fraction of sp³-hybridized carbons (Fsp3) is 0.731. The van der Waals surface area contributed by atoms with Gasteiger partial charge in [0.2, 0.25) is 0 Å². The van der Waals surface area contributed by atoms with Gasteiger partial charge in [0.1, 0.15) is 17.0 Å². The number of nitrogens with zero attached hydrogens (tertiary/aromatic N) is 1. The monoisotopic (exact) mass is 461 g/mol. The van der Waals surface area contributed by atoms with Crippen LogP contribution in [0.25, 0.3) is 6.08 Å². The molecule has 0 aromatic carbocycles. The molecule has 0 bridgehead atoms. The number of fused-ring (bicyclic) bond motifs is 1. The van der Waals surface area contributed by atoms with Gasteiger partial charge in [-0.1, -0.05) is 33.1 Å². The van der Waals surface area contributed by atoms with Gasteiger partial charge in [-0.3, -0.25) is 9.59 Å². The first-order valence-corrected chi connectivity index (χ1v) is 12.9. The zero-order chi connectivity index (χ0) is 23.6. The second-order valence-electron chi connectivity index (χ2n) is 10.3. The highest BCUT2D eigenvalue weighted by Crippen LogP contribution is 2.59. The molecule has 5 nitrogen and oxygen atoms in total. The summed E-state index contributed by atoms with van der Waals surface area (Å²) in [6.07, 6.45) is 9.26. The van der Waals surface area contributed by atoms with E-state index < -0.39 is 11.0 Å². The van der Waals surface area contributed by atoms with Crippen LogP contribution in [0.5, 0.6) is 0 Å². The fourth-order valence-corrected chi connectivity index (χ4v) is 5.54. The fourth-order valence-electron chi connectivity index (χ4n) is 4.97. The second-order valence-corrected chi connectivity index (χ2v) is 11.4. The molecule has 32 heavy (non-hydrogen) atoms. The topological polar surface area (TPSA) is 68.8 Å². The van der Waals surface area contributed by atoms with Gasteiger partial charge in [-0.25, -0.2) is 4.98 Å². The molecule has 1 aromatic heterocycles. The van der Waals surface area contributed by atoms with Crippen molar-refractivity contribution in [3.63, 3.8) is 0 Å². The highest BCUT2D eigenvalue weighted by molar-refractivity contribution is 7.09. The first kappa shape index (κ1) is 25.1. The van der Waals surface area contributed by atoms with Gasteiger partial charge in [-0.2, -0.15) is 0 Å². The number of Topliss-reactive ketones (excluding diaryl/α,β-unsaturated/α-hetero) is 1. The zero-order valence-corrected chi connectivity index (χ0v) is 21.4. The van der Waals surface area contributed by atoms with E-state index in [2.05, 4.69) is 25.8 Å². The number of epoxide rings is 1. The minimum absolute atomic E-state index is 0.152. The highest BCUT2D eigenvalue weighted by atomic mass is 32.1. The molecular weight excluding hydrogens is 422 g/mol. The molecule has 2 aliphatic rings. The van der Waals surface area contributed by atoms with E-state index in [0.29, 0.717) is 19.3 Å². The summed E-state index contributed by atoms with van der Waals surface area (Å²) in [7, 11) is 0. The van der Waals surface area contributed by atoms with Gasteiger partial charge < -0.3 is 9.47 Å². The normalized spacial score (nSPS) is 32.8. The lowest BCUT2D eigenvalue weighted by molar-refractivity contribution is -0.170. The maximum absolute atomic E-state index is 13.0. The van der Waals surface area contributed by atoms with Gasteiger partial charge in [0, 0.05) is 30.1 Å². The van der Waals surface area contributed by atoms with Crippen LogP contribution >= 0.6 is 11.3 Å². The Morgan fingerprint density at radius 3 is 2.44 bits per heavy atom. The summed E-state index contributed by atoms with van der Waals surface area (Å²) in [5.74, 6) is -0.00968. The number of thiazole rings is 1. The van der Waals surface area contributed by atoms with E-state index >= 15 is 0 Å². The molecule has 0 N–H and O–H groups in total. The van der Waals surface area contributed by atoms with E-state index in [1.165, 1.54) is 0 Å². The Hall–Kier alpha value is -1.53. The number of ketones is 1. The highest BCUT2D eigenvalue weighted by Gasteiger charge is 2.68. The Morgan fingerprint density at radius 1 is 1.06 bits per heavy atom. The Balaban J connectivity index is 1.91. The Kier molecular flexibility index (Phi) is 7.66. The molecule has 178 valence electrons. The molecule has 2 saturated heterocycles. The first-order chi connectivity index (χ1) is 15.0. The SMILES string of the molecule is CC(=Cc1csc(C)n1)C1(C)OC(=O)CCCC(=O)CCCCCCC2OC2(C)C1(C)C. The number of rotatable bonds is 2. The molecule has 0 radical (unpaired) electrons. The van der Waals surface area contributed by atoms with Crippen molar-refractivity contribution < 1.29 is 19.1 Å². The molecule has 0 saturated carbocycles. The first-order valence-electron chi connectivity index (χ1n) is 12.0. The lowest BCUT2D eigenvalue weighted by Gasteiger charge is -2.47. The van der Waals surface area contributed by atoms with Crippen LogP contribution < -0.4 is 0 Å². The van der Waals surface area contributed by atoms with Crippen LogP contribution in [0, 0.1) is 12.3 Å². The van der Waals surface area contributed by atoms with E-state index in [1.807, 2.05) is 32.2 Å². The Bertz CT molecular complexity index is 873. The molecule has 3 atom stereocenters. The van der Waals surface area contributed by atoms with Gasteiger partial charge in [0.05, 0.1) is 16.8 Å². The average molecular weight is 462 g/mol. The maximum Gasteiger partial charge on any atom is 0.306 e. The molecule has 0 amide bonds. The van der Waals surface area contributed by atoms with Crippen molar-refractivity contribution in [2.75, 3.05) is 0 Å². The Morgan fingerprint density at radius 2 is 1.75 bits per heavy atom. The summed E-state index contributed by atoms with van der Waals surface area (Å²) >= 11 is 1.61.